The Labute approximate surface area is 212 Å². The molecule has 1 aromatic carbocycles. The van der Waals surface area contributed by atoms with E-state index in [1.54, 1.807) is 44.2 Å². The molecule has 1 fully saturated rings. The molecule has 0 aliphatic carbocycles. The molecule has 1 aliphatic heterocycles. The molecule has 1 aromatic heterocycles. The number of nitrogens with one attached hydrogen (secondary N) is 2. The van der Waals surface area contributed by atoms with E-state index in [9.17, 15) is 24.4 Å². The second kappa shape index (κ2) is 12.0. The second-order valence-corrected chi connectivity index (χ2v) is 11.0. The minimum atomic E-state index is -4.23. The number of rotatable bonds is 12. The first-order chi connectivity index (χ1) is 17.4. The third-order valence-corrected chi connectivity index (χ3v) is 7.61. The maximum absolute atomic E-state index is 15.5. The molecule has 0 saturated carbocycles. The molecule has 0 amide bonds. The topological polar surface area (TPSA) is 161 Å². The van der Waals surface area contributed by atoms with Gasteiger partial charge < -0.3 is 24.2 Å². The highest BCUT2D eigenvalue weighted by molar-refractivity contribution is 7.52. The molecule has 0 radical (unpaired) electrons. The Kier molecular flexibility index (Phi) is 9.46. The van der Waals surface area contributed by atoms with Gasteiger partial charge in [0.2, 0.25) is 0 Å². The predicted molar refractivity (Wildman–Crippen MR) is 131 cm³/mol. The molecule has 7 atom stereocenters. The standard InChI is InChI=1S/C23H33FN3O9P/c1-14(2)34-21(30)15(3)26-37(32,36-16-8-6-5-7-9-16)33-12-17-23(4,13-28)19(24)20(35-17)27-11-10-18(29)25-22(27)31/h5-11,14-15,17,19-21,28,30H,12-13H2,1-4H3,(H,26,32)(H,25,29,31)/t15-,17+,19?,20+,21?,23?,37?/m0/s1. The summed E-state index contributed by atoms with van der Waals surface area (Å²) in [6.07, 6.45) is -5.15. The molecular formula is C23H33FN3O9P. The number of H-pyrrole nitrogens is 1. The second-order valence-electron chi connectivity index (χ2n) is 9.29. The van der Waals surface area contributed by atoms with Crippen LogP contribution in [0.25, 0.3) is 0 Å². The minimum absolute atomic E-state index is 0.197. The number of alkyl halides is 1. The Hall–Kier alpha value is -2.38. The van der Waals surface area contributed by atoms with Crippen LogP contribution in [-0.4, -0.2) is 63.7 Å². The number of para-hydroxylation sites is 1. The fourth-order valence-corrected chi connectivity index (χ4v) is 5.27. The van der Waals surface area contributed by atoms with Gasteiger partial charge in [-0.1, -0.05) is 25.1 Å². The zero-order valence-corrected chi connectivity index (χ0v) is 21.8. The highest BCUT2D eigenvalue weighted by atomic mass is 31.2. The van der Waals surface area contributed by atoms with E-state index in [1.807, 2.05) is 4.98 Å². The number of nitrogens with zero attached hydrogens (tertiary/aromatic N) is 1. The lowest BCUT2D eigenvalue weighted by Gasteiger charge is -2.31. The van der Waals surface area contributed by atoms with Crippen LogP contribution in [0.1, 0.15) is 33.9 Å². The normalized spacial score (nSPS) is 27.1. The molecule has 3 rings (SSSR count). The molecule has 0 bridgehead atoms. The molecule has 0 spiro atoms. The number of ether oxygens (including phenoxy) is 2. The lowest BCUT2D eigenvalue weighted by atomic mass is 9.82. The lowest BCUT2D eigenvalue weighted by Crippen LogP contribution is -2.43. The van der Waals surface area contributed by atoms with Crippen molar-refractivity contribution in [2.45, 2.75) is 64.6 Å². The van der Waals surface area contributed by atoms with Gasteiger partial charge in [0.1, 0.15) is 5.75 Å². The van der Waals surface area contributed by atoms with Crippen molar-refractivity contribution in [3.63, 3.8) is 0 Å². The van der Waals surface area contributed by atoms with Crippen molar-refractivity contribution in [2.75, 3.05) is 13.2 Å². The molecule has 1 saturated heterocycles. The van der Waals surface area contributed by atoms with Gasteiger partial charge in [-0.2, -0.15) is 0 Å². The van der Waals surface area contributed by atoms with Gasteiger partial charge in [-0.05, 0) is 32.9 Å². The number of aromatic nitrogens is 2. The summed E-state index contributed by atoms with van der Waals surface area (Å²) in [5.41, 5.74) is -3.12. The molecule has 2 heterocycles. The summed E-state index contributed by atoms with van der Waals surface area (Å²) in [6, 6.07) is 8.26. The van der Waals surface area contributed by atoms with Crippen LogP contribution in [0.4, 0.5) is 4.39 Å². The molecule has 12 nitrogen and oxygen atoms in total. The van der Waals surface area contributed by atoms with Gasteiger partial charge in [-0.15, -0.1) is 0 Å². The van der Waals surface area contributed by atoms with E-state index in [0.717, 1.165) is 16.8 Å². The Morgan fingerprint density at radius 2 is 1.92 bits per heavy atom. The monoisotopic (exact) mass is 545 g/mol. The quantitative estimate of drug-likeness (QED) is 0.228. The van der Waals surface area contributed by atoms with Gasteiger partial charge in [0.05, 0.1) is 36.9 Å². The van der Waals surface area contributed by atoms with Crippen LogP contribution < -0.4 is 20.9 Å². The zero-order chi connectivity index (χ0) is 27.4. The Morgan fingerprint density at radius 3 is 2.51 bits per heavy atom. The summed E-state index contributed by atoms with van der Waals surface area (Å²) in [4.78, 5) is 25.6. The summed E-state index contributed by atoms with van der Waals surface area (Å²) in [5, 5.41) is 22.9. The van der Waals surface area contributed by atoms with Gasteiger partial charge in [-0.3, -0.25) is 18.9 Å². The number of hydrogen-bond acceptors (Lipinski definition) is 9. The van der Waals surface area contributed by atoms with Crippen molar-refractivity contribution >= 4 is 7.75 Å². The zero-order valence-electron chi connectivity index (χ0n) is 20.9. The first-order valence-electron chi connectivity index (χ1n) is 11.7. The SMILES string of the molecule is CC(C)OC(O)[C@H](C)NP(=O)(OC[C@H]1O[C@@H](n2ccc(=O)[nH]c2=O)C(F)C1(C)CO)Oc1ccccc1. The highest BCUT2D eigenvalue weighted by Crippen LogP contribution is 2.49. The fraction of sp³-hybridized carbons (Fsp3) is 0.565. The van der Waals surface area contributed by atoms with Crippen LogP contribution >= 0.6 is 7.75 Å². The first-order valence-corrected chi connectivity index (χ1v) is 13.2. The average Bonchev–Trinajstić information content (AvgIpc) is 3.08. The molecule has 2 aromatic rings. The molecule has 4 N–H and O–H groups in total. The largest absolute Gasteiger partial charge is 0.459 e. The predicted octanol–water partition coefficient (Wildman–Crippen LogP) is 1.70. The van der Waals surface area contributed by atoms with Crippen LogP contribution in [0, 0.1) is 5.41 Å². The van der Waals surface area contributed by atoms with Crippen molar-refractivity contribution in [2.24, 2.45) is 5.41 Å². The van der Waals surface area contributed by atoms with E-state index in [-0.39, 0.29) is 11.9 Å². The number of halogens is 1. The molecule has 4 unspecified atom stereocenters. The van der Waals surface area contributed by atoms with Gasteiger partial charge in [0.25, 0.3) is 5.56 Å². The van der Waals surface area contributed by atoms with Crippen molar-refractivity contribution in [1.29, 1.82) is 0 Å². The number of aliphatic hydroxyl groups excluding tert-OH is 2. The molecule has 1 aliphatic rings. The molecule has 37 heavy (non-hydrogen) atoms. The van der Waals surface area contributed by atoms with E-state index < -0.39 is 68.5 Å². The van der Waals surface area contributed by atoms with Crippen LogP contribution in [-0.2, 0) is 18.6 Å². The van der Waals surface area contributed by atoms with Gasteiger partial charge in [0, 0.05) is 12.3 Å². The maximum Gasteiger partial charge on any atom is 0.459 e. The Bertz CT molecular complexity index is 1190. The minimum Gasteiger partial charge on any atom is -0.413 e. The summed E-state index contributed by atoms with van der Waals surface area (Å²) in [7, 11) is -4.23. The summed E-state index contributed by atoms with van der Waals surface area (Å²) in [6.45, 7) is 5.13. The highest BCUT2D eigenvalue weighted by Gasteiger charge is 2.55. The first kappa shape index (κ1) is 29.2. The molecular weight excluding hydrogens is 512 g/mol. The maximum atomic E-state index is 15.5. The summed E-state index contributed by atoms with van der Waals surface area (Å²) >= 11 is 0. The number of aliphatic hydroxyl groups is 2. The van der Waals surface area contributed by atoms with E-state index >= 15 is 4.39 Å². The van der Waals surface area contributed by atoms with E-state index in [4.69, 9.17) is 18.5 Å². The van der Waals surface area contributed by atoms with E-state index in [1.165, 1.54) is 13.8 Å². The summed E-state index contributed by atoms with van der Waals surface area (Å²) in [5.74, 6) is 0.197. The van der Waals surface area contributed by atoms with Crippen molar-refractivity contribution in [3.05, 3.63) is 63.4 Å². The number of hydrogen-bond donors (Lipinski definition) is 4. The van der Waals surface area contributed by atoms with Crippen LogP contribution in [0.3, 0.4) is 0 Å². The van der Waals surface area contributed by atoms with Crippen LogP contribution in [0.2, 0.25) is 0 Å². The van der Waals surface area contributed by atoms with Crippen molar-refractivity contribution < 1.29 is 37.7 Å². The van der Waals surface area contributed by atoms with Gasteiger partial charge >= 0.3 is 13.4 Å². The van der Waals surface area contributed by atoms with Gasteiger partial charge in [-0.25, -0.2) is 18.8 Å². The molecule has 14 heteroatoms. The van der Waals surface area contributed by atoms with Crippen molar-refractivity contribution in [1.82, 2.24) is 14.6 Å². The third-order valence-electron chi connectivity index (χ3n) is 5.95. The Morgan fingerprint density at radius 1 is 1.24 bits per heavy atom. The van der Waals surface area contributed by atoms with Crippen molar-refractivity contribution in [3.8, 4) is 5.75 Å². The van der Waals surface area contributed by atoms with Crippen LogP contribution in [0.15, 0.2) is 52.2 Å². The average molecular weight is 546 g/mol. The van der Waals surface area contributed by atoms with E-state index in [2.05, 4.69) is 5.09 Å². The van der Waals surface area contributed by atoms with Crippen LogP contribution in [0.5, 0.6) is 5.75 Å². The van der Waals surface area contributed by atoms with Gasteiger partial charge in [0.15, 0.2) is 18.7 Å². The number of aromatic amines is 1. The molecule has 206 valence electrons. The fourth-order valence-electron chi connectivity index (χ4n) is 3.73. The third kappa shape index (κ3) is 6.94. The summed E-state index contributed by atoms with van der Waals surface area (Å²) < 4.78 is 52.4. The number of benzene rings is 1. The Balaban J connectivity index is 1.83. The lowest BCUT2D eigenvalue weighted by molar-refractivity contribution is -0.138. The van der Waals surface area contributed by atoms with E-state index in [0.29, 0.717) is 0 Å². The smallest absolute Gasteiger partial charge is 0.413 e.